The summed E-state index contributed by atoms with van der Waals surface area (Å²) in [5, 5.41) is 2.94. The minimum absolute atomic E-state index is 0.0244. The van der Waals surface area contributed by atoms with Gasteiger partial charge in [-0.2, -0.15) is 0 Å². The van der Waals surface area contributed by atoms with Crippen LogP contribution in [0.15, 0.2) is 61.2 Å². The molecule has 0 radical (unpaired) electrons. The molecule has 1 unspecified atom stereocenters. The molecule has 1 atom stereocenters. The van der Waals surface area contributed by atoms with Gasteiger partial charge >= 0.3 is 0 Å². The zero-order chi connectivity index (χ0) is 17.2. The van der Waals surface area contributed by atoms with Crippen LogP contribution in [0.4, 0.5) is 5.69 Å². The molecule has 0 aliphatic carbocycles. The van der Waals surface area contributed by atoms with Gasteiger partial charge in [-0.05, 0) is 41.3 Å². The number of aryl methyl sites for hydroxylation is 1. The zero-order valence-electron chi connectivity index (χ0n) is 14.0. The third-order valence-corrected chi connectivity index (χ3v) is 4.60. The molecule has 2 heterocycles. The SMILES string of the molecule is COc1ccc(C(c2ccc3c(c2)CCC(=O)N3)n2ccnc2)cc1. The smallest absolute Gasteiger partial charge is 0.224 e. The predicted octanol–water partition coefficient (Wildman–Crippen LogP) is 3.41. The highest BCUT2D eigenvalue weighted by Gasteiger charge is 2.20. The lowest BCUT2D eigenvalue weighted by Gasteiger charge is -2.23. The topological polar surface area (TPSA) is 56.1 Å². The maximum atomic E-state index is 11.6. The van der Waals surface area contributed by atoms with Gasteiger partial charge in [-0.15, -0.1) is 0 Å². The van der Waals surface area contributed by atoms with E-state index in [0.29, 0.717) is 6.42 Å². The minimum Gasteiger partial charge on any atom is -0.497 e. The molecule has 1 aliphatic heterocycles. The van der Waals surface area contributed by atoms with Gasteiger partial charge in [0.15, 0.2) is 0 Å². The fourth-order valence-electron chi connectivity index (χ4n) is 3.32. The van der Waals surface area contributed by atoms with Crippen LogP contribution < -0.4 is 10.1 Å². The Morgan fingerprint density at radius 2 is 1.92 bits per heavy atom. The second kappa shape index (κ2) is 6.43. The van der Waals surface area contributed by atoms with E-state index < -0.39 is 0 Å². The summed E-state index contributed by atoms with van der Waals surface area (Å²) >= 11 is 0. The van der Waals surface area contributed by atoms with Crippen molar-refractivity contribution in [3.8, 4) is 5.75 Å². The van der Waals surface area contributed by atoms with Crippen LogP contribution in [0, 0.1) is 0 Å². The van der Waals surface area contributed by atoms with Gasteiger partial charge in [0, 0.05) is 24.5 Å². The number of hydrogen-bond acceptors (Lipinski definition) is 3. The Balaban J connectivity index is 1.77. The lowest BCUT2D eigenvalue weighted by molar-refractivity contribution is -0.116. The van der Waals surface area contributed by atoms with Crippen molar-refractivity contribution >= 4 is 11.6 Å². The first-order chi connectivity index (χ1) is 12.2. The number of carbonyl (C=O) groups excluding carboxylic acids is 1. The van der Waals surface area contributed by atoms with E-state index in [2.05, 4.69) is 39.1 Å². The first kappa shape index (κ1) is 15.4. The molecular formula is C20H19N3O2. The van der Waals surface area contributed by atoms with Gasteiger partial charge in [-0.1, -0.05) is 24.3 Å². The van der Waals surface area contributed by atoms with Crippen LogP contribution >= 0.6 is 0 Å². The summed E-state index contributed by atoms with van der Waals surface area (Å²) in [5.41, 5.74) is 4.41. The van der Waals surface area contributed by atoms with E-state index in [-0.39, 0.29) is 11.9 Å². The molecule has 0 spiro atoms. The summed E-state index contributed by atoms with van der Waals surface area (Å²) in [4.78, 5) is 15.8. The number of nitrogens with one attached hydrogen (secondary N) is 1. The maximum absolute atomic E-state index is 11.6. The van der Waals surface area contributed by atoms with E-state index in [1.54, 1.807) is 13.3 Å². The van der Waals surface area contributed by atoms with Crippen molar-refractivity contribution < 1.29 is 9.53 Å². The summed E-state index contributed by atoms with van der Waals surface area (Å²) in [5.74, 6) is 0.919. The van der Waals surface area contributed by atoms with Gasteiger partial charge < -0.3 is 14.6 Å². The third kappa shape index (κ3) is 3.01. The summed E-state index contributed by atoms with van der Waals surface area (Å²) < 4.78 is 7.36. The number of amides is 1. The molecule has 3 aromatic rings. The van der Waals surface area contributed by atoms with E-state index in [9.17, 15) is 4.79 Å². The zero-order valence-corrected chi connectivity index (χ0v) is 14.0. The number of benzene rings is 2. The number of nitrogens with zero attached hydrogens (tertiary/aromatic N) is 2. The molecule has 25 heavy (non-hydrogen) atoms. The molecule has 126 valence electrons. The molecule has 5 nitrogen and oxygen atoms in total. The highest BCUT2D eigenvalue weighted by molar-refractivity contribution is 5.93. The molecule has 0 bridgehead atoms. The Morgan fingerprint density at radius 3 is 2.64 bits per heavy atom. The second-order valence-electron chi connectivity index (χ2n) is 6.15. The first-order valence-corrected chi connectivity index (χ1v) is 8.28. The summed E-state index contributed by atoms with van der Waals surface area (Å²) in [6.45, 7) is 0. The molecule has 4 rings (SSSR count). The summed E-state index contributed by atoms with van der Waals surface area (Å²) in [7, 11) is 1.67. The standard InChI is InChI=1S/C20H19N3O2/c1-25-17-6-2-14(3-7-17)20(23-11-10-21-13-23)16-4-8-18-15(12-16)5-9-19(24)22-18/h2-4,6-8,10-13,20H,5,9H2,1H3,(H,22,24). The number of hydrogen-bond donors (Lipinski definition) is 1. The van der Waals surface area contributed by atoms with Gasteiger partial charge in [0.1, 0.15) is 5.75 Å². The average Bonchev–Trinajstić information content (AvgIpc) is 3.17. The van der Waals surface area contributed by atoms with Crippen molar-refractivity contribution in [1.82, 2.24) is 9.55 Å². The molecule has 2 aromatic carbocycles. The van der Waals surface area contributed by atoms with Gasteiger partial charge in [-0.3, -0.25) is 4.79 Å². The van der Waals surface area contributed by atoms with Crippen LogP contribution in [-0.4, -0.2) is 22.6 Å². The fraction of sp³-hybridized carbons (Fsp3) is 0.200. The molecule has 0 saturated heterocycles. The first-order valence-electron chi connectivity index (χ1n) is 8.28. The number of ether oxygens (including phenoxy) is 1. The molecule has 0 fully saturated rings. The predicted molar refractivity (Wildman–Crippen MR) is 95.9 cm³/mol. The van der Waals surface area contributed by atoms with Crippen molar-refractivity contribution in [2.24, 2.45) is 0 Å². The van der Waals surface area contributed by atoms with Crippen molar-refractivity contribution in [3.63, 3.8) is 0 Å². The fourth-order valence-corrected chi connectivity index (χ4v) is 3.32. The Morgan fingerprint density at radius 1 is 1.12 bits per heavy atom. The minimum atomic E-state index is 0.0244. The molecule has 5 heteroatoms. The monoisotopic (exact) mass is 333 g/mol. The average molecular weight is 333 g/mol. The Labute approximate surface area is 146 Å². The molecule has 1 aromatic heterocycles. The molecule has 0 saturated carbocycles. The van der Waals surface area contributed by atoms with E-state index in [4.69, 9.17) is 4.74 Å². The number of fused-ring (bicyclic) bond motifs is 1. The maximum Gasteiger partial charge on any atom is 0.224 e. The van der Waals surface area contributed by atoms with Crippen LogP contribution in [0.2, 0.25) is 0 Å². The van der Waals surface area contributed by atoms with E-state index in [1.165, 1.54) is 5.56 Å². The van der Waals surface area contributed by atoms with Crippen molar-refractivity contribution in [3.05, 3.63) is 77.9 Å². The number of carbonyl (C=O) groups is 1. The lowest BCUT2D eigenvalue weighted by Crippen LogP contribution is -2.19. The summed E-state index contributed by atoms with van der Waals surface area (Å²) in [6.07, 6.45) is 6.89. The van der Waals surface area contributed by atoms with Gasteiger partial charge in [-0.25, -0.2) is 4.98 Å². The highest BCUT2D eigenvalue weighted by atomic mass is 16.5. The normalized spacial score (nSPS) is 14.5. The third-order valence-electron chi connectivity index (χ3n) is 4.60. The number of rotatable bonds is 4. The van der Waals surface area contributed by atoms with Crippen molar-refractivity contribution in [2.45, 2.75) is 18.9 Å². The Hall–Kier alpha value is -3.08. The van der Waals surface area contributed by atoms with Crippen molar-refractivity contribution in [1.29, 1.82) is 0 Å². The quantitative estimate of drug-likeness (QED) is 0.796. The molecule has 1 amide bonds. The number of aromatic nitrogens is 2. The molecule has 1 aliphatic rings. The Bertz CT molecular complexity index is 886. The van der Waals surface area contributed by atoms with Gasteiger partial charge in [0.05, 0.1) is 19.5 Å². The van der Waals surface area contributed by atoms with Crippen LogP contribution in [0.3, 0.4) is 0 Å². The van der Waals surface area contributed by atoms with Crippen molar-refractivity contribution in [2.75, 3.05) is 12.4 Å². The van der Waals surface area contributed by atoms with E-state index in [0.717, 1.165) is 29.0 Å². The lowest BCUT2D eigenvalue weighted by atomic mass is 9.93. The van der Waals surface area contributed by atoms with E-state index in [1.807, 2.05) is 30.7 Å². The largest absolute Gasteiger partial charge is 0.497 e. The Kier molecular flexibility index (Phi) is 3.98. The molecular weight excluding hydrogens is 314 g/mol. The number of anilines is 1. The van der Waals surface area contributed by atoms with Crippen LogP contribution in [0.5, 0.6) is 5.75 Å². The molecule has 1 N–H and O–H groups in total. The van der Waals surface area contributed by atoms with Crippen LogP contribution in [-0.2, 0) is 11.2 Å². The van der Waals surface area contributed by atoms with E-state index >= 15 is 0 Å². The van der Waals surface area contributed by atoms with Gasteiger partial charge in [0.2, 0.25) is 5.91 Å². The van der Waals surface area contributed by atoms with Gasteiger partial charge in [0.25, 0.3) is 0 Å². The second-order valence-corrected chi connectivity index (χ2v) is 6.15. The number of methoxy groups -OCH3 is 1. The number of imidazole rings is 1. The summed E-state index contributed by atoms with van der Waals surface area (Å²) in [6, 6.07) is 14.4. The van der Waals surface area contributed by atoms with Crippen LogP contribution in [0.25, 0.3) is 0 Å². The highest BCUT2D eigenvalue weighted by Crippen LogP contribution is 2.32. The van der Waals surface area contributed by atoms with Crippen LogP contribution in [0.1, 0.15) is 29.2 Å².